The molecule has 0 aromatic heterocycles. The number of benzene rings is 2. The van der Waals surface area contributed by atoms with Crippen LogP contribution in [-0.4, -0.2) is 45.1 Å². The summed E-state index contributed by atoms with van der Waals surface area (Å²) in [5.74, 6) is 0.495. The van der Waals surface area contributed by atoms with Gasteiger partial charge >= 0.3 is 0 Å². The molecule has 2 aromatic carbocycles. The number of rotatable bonds is 6. The van der Waals surface area contributed by atoms with E-state index in [-0.39, 0.29) is 24.4 Å². The van der Waals surface area contributed by atoms with Gasteiger partial charge in [-0.3, -0.25) is 9.00 Å². The Kier molecular flexibility index (Phi) is 6.06. The highest BCUT2D eigenvalue weighted by Gasteiger charge is 2.31. The van der Waals surface area contributed by atoms with E-state index in [9.17, 15) is 9.00 Å². The molecule has 5 nitrogen and oxygen atoms in total. The zero-order valence-electron chi connectivity index (χ0n) is 14.8. The standard InChI is InChI=1S/C20H23NO4S/c1-15-3-2-4-18(11-15)26(24)19-9-10-21(12-19)20(23)14-25-17-7-5-16(13-22)6-8-17/h2-8,11,19,22H,9-10,12-14H2,1H3. The van der Waals surface area contributed by atoms with Gasteiger partial charge in [0.1, 0.15) is 5.75 Å². The molecule has 2 unspecified atom stereocenters. The zero-order chi connectivity index (χ0) is 18.5. The summed E-state index contributed by atoms with van der Waals surface area (Å²) in [6.45, 7) is 3.02. The van der Waals surface area contributed by atoms with Crippen molar-refractivity contribution in [3.05, 3.63) is 59.7 Å². The monoisotopic (exact) mass is 373 g/mol. The second-order valence-electron chi connectivity index (χ2n) is 6.46. The lowest BCUT2D eigenvalue weighted by Gasteiger charge is -2.17. The average molecular weight is 373 g/mol. The van der Waals surface area contributed by atoms with Crippen molar-refractivity contribution in [1.29, 1.82) is 0 Å². The molecule has 0 saturated carbocycles. The van der Waals surface area contributed by atoms with Crippen molar-refractivity contribution < 1.29 is 18.8 Å². The summed E-state index contributed by atoms with van der Waals surface area (Å²) in [7, 11) is -1.11. The van der Waals surface area contributed by atoms with Crippen LogP contribution >= 0.6 is 0 Å². The van der Waals surface area contributed by atoms with E-state index in [1.165, 1.54) is 0 Å². The van der Waals surface area contributed by atoms with Gasteiger partial charge in [0.15, 0.2) is 6.61 Å². The van der Waals surface area contributed by atoms with E-state index in [4.69, 9.17) is 9.84 Å². The number of nitrogens with zero attached hydrogens (tertiary/aromatic N) is 1. The summed E-state index contributed by atoms with van der Waals surface area (Å²) in [5.41, 5.74) is 1.88. The van der Waals surface area contributed by atoms with Crippen LogP contribution in [0.5, 0.6) is 5.75 Å². The fourth-order valence-corrected chi connectivity index (χ4v) is 4.52. The Labute approximate surface area is 156 Å². The summed E-state index contributed by atoms with van der Waals surface area (Å²) >= 11 is 0. The minimum atomic E-state index is -1.11. The average Bonchev–Trinajstić information content (AvgIpc) is 3.16. The van der Waals surface area contributed by atoms with E-state index in [0.717, 1.165) is 22.4 Å². The van der Waals surface area contributed by atoms with Crippen LogP contribution in [-0.2, 0) is 22.2 Å². The fourth-order valence-electron chi connectivity index (χ4n) is 2.99. The van der Waals surface area contributed by atoms with Gasteiger partial charge in [-0.2, -0.15) is 0 Å². The predicted octanol–water partition coefficient (Wildman–Crippen LogP) is 2.27. The lowest BCUT2D eigenvalue weighted by Crippen LogP contribution is -2.34. The number of amides is 1. The smallest absolute Gasteiger partial charge is 0.260 e. The van der Waals surface area contributed by atoms with Crippen LogP contribution in [0.15, 0.2) is 53.4 Å². The first-order chi connectivity index (χ1) is 12.6. The van der Waals surface area contributed by atoms with Crippen molar-refractivity contribution >= 4 is 16.7 Å². The minimum absolute atomic E-state index is 0.0214. The molecule has 1 aliphatic rings. The van der Waals surface area contributed by atoms with Crippen LogP contribution in [0.2, 0.25) is 0 Å². The topological polar surface area (TPSA) is 66.8 Å². The Morgan fingerprint density at radius 1 is 1.27 bits per heavy atom. The van der Waals surface area contributed by atoms with Crippen molar-refractivity contribution in [2.45, 2.75) is 30.1 Å². The highest BCUT2D eigenvalue weighted by atomic mass is 32.2. The van der Waals surface area contributed by atoms with Crippen molar-refractivity contribution in [3.8, 4) is 5.75 Å². The van der Waals surface area contributed by atoms with E-state index in [1.807, 2.05) is 31.2 Å². The molecular formula is C20H23NO4S. The van der Waals surface area contributed by atoms with Gasteiger partial charge in [-0.1, -0.05) is 24.3 Å². The molecule has 0 aliphatic carbocycles. The second-order valence-corrected chi connectivity index (χ2v) is 8.19. The zero-order valence-corrected chi connectivity index (χ0v) is 15.6. The molecule has 6 heteroatoms. The molecule has 2 aromatic rings. The summed E-state index contributed by atoms with van der Waals surface area (Å²) in [5, 5.41) is 8.99. The van der Waals surface area contributed by atoms with Gasteiger partial charge in [0.25, 0.3) is 5.91 Å². The number of hydrogen-bond acceptors (Lipinski definition) is 4. The number of hydrogen-bond donors (Lipinski definition) is 1. The summed E-state index contributed by atoms with van der Waals surface area (Å²) in [6, 6.07) is 14.7. The number of aliphatic hydroxyl groups excluding tert-OH is 1. The number of carbonyl (C=O) groups is 1. The Hall–Kier alpha value is -2.18. The number of ether oxygens (including phenoxy) is 1. The molecule has 1 heterocycles. The van der Waals surface area contributed by atoms with Gasteiger partial charge in [-0.15, -0.1) is 0 Å². The highest BCUT2D eigenvalue weighted by molar-refractivity contribution is 7.85. The maximum Gasteiger partial charge on any atom is 0.260 e. The first-order valence-electron chi connectivity index (χ1n) is 8.64. The Morgan fingerprint density at radius 3 is 2.73 bits per heavy atom. The maximum atomic E-state index is 12.7. The fraction of sp³-hybridized carbons (Fsp3) is 0.350. The Balaban J connectivity index is 1.52. The molecule has 0 spiro atoms. The molecule has 138 valence electrons. The van der Waals surface area contributed by atoms with E-state index >= 15 is 0 Å². The quantitative estimate of drug-likeness (QED) is 0.844. The summed E-state index contributed by atoms with van der Waals surface area (Å²) in [4.78, 5) is 14.9. The largest absolute Gasteiger partial charge is 0.484 e. The molecule has 0 radical (unpaired) electrons. The van der Waals surface area contributed by atoms with Crippen LogP contribution in [0.4, 0.5) is 0 Å². The number of aryl methyl sites for hydroxylation is 1. The van der Waals surface area contributed by atoms with E-state index in [0.29, 0.717) is 18.8 Å². The molecular weight excluding hydrogens is 350 g/mol. The minimum Gasteiger partial charge on any atom is -0.484 e. The maximum absolute atomic E-state index is 12.7. The highest BCUT2D eigenvalue weighted by Crippen LogP contribution is 2.21. The van der Waals surface area contributed by atoms with Crippen LogP contribution < -0.4 is 4.74 Å². The molecule has 3 rings (SSSR count). The molecule has 1 N–H and O–H groups in total. The molecule has 2 atom stereocenters. The molecule has 0 bridgehead atoms. The third kappa shape index (κ3) is 4.51. The number of aliphatic hydroxyl groups is 1. The first-order valence-corrected chi connectivity index (χ1v) is 9.86. The third-order valence-electron chi connectivity index (χ3n) is 4.49. The van der Waals surface area contributed by atoms with Gasteiger partial charge in [0.2, 0.25) is 0 Å². The SMILES string of the molecule is Cc1cccc(S(=O)C2CCN(C(=O)COc3ccc(CO)cc3)C2)c1. The predicted molar refractivity (Wildman–Crippen MR) is 100 cm³/mol. The second kappa shape index (κ2) is 8.47. The van der Waals surface area contributed by atoms with Crippen LogP contribution in [0.3, 0.4) is 0 Å². The van der Waals surface area contributed by atoms with Gasteiger partial charge in [0.05, 0.1) is 22.7 Å². The lowest BCUT2D eigenvalue weighted by molar-refractivity contribution is -0.132. The lowest BCUT2D eigenvalue weighted by atomic mass is 10.2. The molecule has 1 fully saturated rings. The first kappa shape index (κ1) is 18.6. The molecule has 1 amide bonds. The van der Waals surface area contributed by atoms with Gasteiger partial charge in [0, 0.05) is 18.0 Å². The number of carbonyl (C=O) groups excluding carboxylic acids is 1. The van der Waals surface area contributed by atoms with Crippen LogP contribution in [0, 0.1) is 6.92 Å². The van der Waals surface area contributed by atoms with Gasteiger partial charge in [-0.05, 0) is 48.7 Å². The molecule has 1 saturated heterocycles. The molecule has 26 heavy (non-hydrogen) atoms. The Morgan fingerprint density at radius 2 is 2.04 bits per heavy atom. The van der Waals surface area contributed by atoms with Crippen LogP contribution in [0.25, 0.3) is 0 Å². The van der Waals surface area contributed by atoms with Crippen molar-refractivity contribution in [2.75, 3.05) is 19.7 Å². The van der Waals surface area contributed by atoms with Crippen molar-refractivity contribution in [3.63, 3.8) is 0 Å². The summed E-state index contributed by atoms with van der Waals surface area (Å²) in [6.07, 6.45) is 0.734. The number of likely N-dealkylation sites (tertiary alicyclic amines) is 1. The van der Waals surface area contributed by atoms with E-state index in [2.05, 4.69) is 0 Å². The van der Waals surface area contributed by atoms with Gasteiger partial charge < -0.3 is 14.7 Å². The Bertz CT molecular complexity index is 791. The van der Waals surface area contributed by atoms with Crippen molar-refractivity contribution in [2.24, 2.45) is 0 Å². The van der Waals surface area contributed by atoms with Gasteiger partial charge in [-0.25, -0.2) is 0 Å². The van der Waals surface area contributed by atoms with E-state index in [1.54, 1.807) is 29.2 Å². The van der Waals surface area contributed by atoms with Crippen molar-refractivity contribution in [1.82, 2.24) is 4.90 Å². The summed E-state index contributed by atoms with van der Waals surface area (Å²) < 4.78 is 18.3. The van der Waals surface area contributed by atoms with Crippen LogP contribution in [0.1, 0.15) is 17.5 Å². The normalized spacial score (nSPS) is 17.9. The van der Waals surface area contributed by atoms with E-state index < -0.39 is 10.8 Å². The molecule has 1 aliphatic heterocycles. The third-order valence-corrected chi connectivity index (χ3v) is 6.20.